The fourth-order valence-corrected chi connectivity index (χ4v) is 1.23. The van der Waals surface area contributed by atoms with Gasteiger partial charge in [0.25, 0.3) is 0 Å². The summed E-state index contributed by atoms with van der Waals surface area (Å²) in [5, 5.41) is 3.22. The van der Waals surface area contributed by atoms with Crippen molar-refractivity contribution in [2.24, 2.45) is 11.0 Å². The van der Waals surface area contributed by atoms with Gasteiger partial charge in [-0.25, -0.2) is 0 Å². The molecule has 5 nitrogen and oxygen atoms in total. The largest absolute Gasteiger partial charge is 0.381 e. The summed E-state index contributed by atoms with van der Waals surface area (Å²) in [4.78, 5) is 13.7. The highest BCUT2D eigenvalue weighted by Gasteiger charge is 2.20. The maximum Gasteiger partial charge on any atom is 0.144 e. The summed E-state index contributed by atoms with van der Waals surface area (Å²) >= 11 is 0. The summed E-state index contributed by atoms with van der Waals surface area (Å²) < 4.78 is 5.13. The van der Waals surface area contributed by atoms with Crippen molar-refractivity contribution in [3.8, 4) is 0 Å². The Morgan fingerprint density at radius 3 is 3.17 bits per heavy atom. The summed E-state index contributed by atoms with van der Waals surface area (Å²) in [6.45, 7) is 1.19. The van der Waals surface area contributed by atoms with E-state index in [0.717, 1.165) is 19.4 Å². The zero-order valence-electron chi connectivity index (χ0n) is 6.77. The second-order valence-electron chi connectivity index (χ2n) is 2.77. The molecular formula is C7H11N3O2. The van der Waals surface area contributed by atoms with E-state index in [2.05, 4.69) is 10.0 Å². The Morgan fingerprint density at radius 1 is 1.75 bits per heavy atom. The number of rotatable bonds is 3. The van der Waals surface area contributed by atoms with E-state index in [-0.39, 0.29) is 18.2 Å². The minimum Gasteiger partial charge on any atom is -0.381 e. The van der Waals surface area contributed by atoms with Crippen LogP contribution in [0.4, 0.5) is 0 Å². The smallest absolute Gasteiger partial charge is 0.144 e. The van der Waals surface area contributed by atoms with Gasteiger partial charge in [-0.05, 0) is 18.4 Å². The Morgan fingerprint density at radius 2 is 2.58 bits per heavy atom. The highest BCUT2D eigenvalue weighted by Crippen LogP contribution is 2.14. The van der Waals surface area contributed by atoms with E-state index in [1.807, 2.05) is 0 Å². The SMILES string of the molecule is [N-]=[N+]=NCC(=O)[C@@H]1CCCOC1. The Balaban J connectivity index is 2.34. The molecule has 1 aliphatic heterocycles. The molecule has 1 saturated heterocycles. The van der Waals surface area contributed by atoms with Crippen LogP contribution in [0, 0.1) is 5.92 Å². The molecule has 0 radical (unpaired) electrons. The van der Waals surface area contributed by atoms with Gasteiger partial charge in [-0.3, -0.25) is 4.79 Å². The van der Waals surface area contributed by atoms with Crippen molar-refractivity contribution in [1.29, 1.82) is 0 Å². The van der Waals surface area contributed by atoms with Crippen molar-refractivity contribution < 1.29 is 9.53 Å². The molecule has 12 heavy (non-hydrogen) atoms. The number of azide groups is 1. The highest BCUT2D eigenvalue weighted by molar-refractivity contribution is 5.83. The van der Waals surface area contributed by atoms with Crippen LogP contribution in [0.5, 0.6) is 0 Å². The molecule has 0 N–H and O–H groups in total. The highest BCUT2D eigenvalue weighted by atomic mass is 16.5. The van der Waals surface area contributed by atoms with E-state index in [0.29, 0.717) is 6.61 Å². The molecule has 66 valence electrons. The Bertz CT molecular complexity index is 205. The number of Topliss-reactive ketones (excluding diaryl/α,β-unsaturated/α-hetero) is 1. The average Bonchev–Trinajstić information content (AvgIpc) is 2.15. The third-order valence-electron chi connectivity index (χ3n) is 1.91. The molecule has 0 saturated carbocycles. The molecule has 0 amide bonds. The van der Waals surface area contributed by atoms with Crippen molar-refractivity contribution in [1.82, 2.24) is 0 Å². The van der Waals surface area contributed by atoms with Crippen LogP contribution in [0.15, 0.2) is 5.11 Å². The third kappa shape index (κ3) is 2.53. The molecule has 0 aromatic carbocycles. The van der Waals surface area contributed by atoms with E-state index < -0.39 is 0 Å². The summed E-state index contributed by atoms with van der Waals surface area (Å²) in [5.74, 6) is -0.0586. The quantitative estimate of drug-likeness (QED) is 0.362. The topological polar surface area (TPSA) is 75.1 Å². The van der Waals surface area contributed by atoms with Crippen LogP contribution in [0.1, 0.15) is 12.8 Å². The van der Waals surface area contributed by atoms with E-state index in [4.69, 9.17) is 10.3 Å². The van der Waals surface area contributed by atoms with Gasteiger partial charge in [0.1, 0.15) is 5.78 Å². The van der Waals surface area contributed by atoms with Crippen molar-refractivity contribution in [2.75, 3.05) is 19.8 Å². The van der Waals surface area contributed by atoms with Gasteiger partial charge in [0.15, 0.2) is 0 Å². The van der Waals surface area contributed by atoms with Gasteiger partial charge in [0.05, 0.1) is 13.2 Å². The Labute approximate surface area is 70.3 Å². The van der Waals surface area contributed by atoms with Crippen molar-refractivity contribution >= 4 is 5.78 Å². The van der Waals surface area contributed by atoms with Gasteiger partial charge >= 0.3 is 0 Å². The first kappa shape index (κ1) is 9.03. The normalized spacial score (nSPS) is 22.8. The van der Waals surface area contributed by atoms with Gasteiger partial charge in [-0.2, -0.15) is 0 Å². The Hall–Kier alpha value is -1.06. The molecule has 0 aromatic heterocycles. The lowest BCUT2D eigenvalue weighted by Gasteiger charge is -2.19. The van der Waals surface area contributed by atoms with E-state index >= 15 is 0 Å². The fourth-order valence-electron chi connectivity index (χ4n) is 1.23. The predicted octanol–water partition coefficient (Wildman–Crippen LogP) is 1.29. The summed E-state index contributed by atoms with van der Waals surface area (Å²) in [7, 11) is 0. The lowest BCUT2D eigenvalue weighted by atomic mass is 9.98. The summed E-state index contributed by atoms with van der Waals surface area (Å²) in [6.07, 6.45) is 1.78. The number of carbonyl (C=O) groups excluding carboxylic acids is 1. The maximum absolute atomic E-state index is 11.2. The summed E-state index contributed by atoms with van der Waals surface area (Å²) in [6, 6.07) is 0. The third-order valence-corrected chi connectivity index (χ3v) is 1.91. The second kappa shape index (κ2) is 4.74. The van der Waals surface area contributed by atoms with Gasteiger partial charge < -0.3 is 4.74 Å². The summed E-state index contributed by atoms with van der Waals surface area (Å²) in [5.41, 5.74) is 7.99. The van der Waals surface area contributed by atoms with Gasteiger partial charge in [-0.15, -0.1) is 0 Å². The average molecular weight is 169 g/mol. The van der Waals surface area contributed by atoms with E-state index in [9.17, 15) is 4.79 Å². The fraction of sp³-hybridized carbons (Fsp3) is 0.857. The van der Waals surface area contributed by atoms with Gasteiger partial charge in [0.2, 0.25) is 0 Å². The molecule has 1 fully saturated rings. The molecule has 1 heterocycles. The lowest BCUT2D eigenvalue weighted by Crippen LogP contribution is -2.26. The molecule has 0 spiro atoms. The van der Waals surface area contributed by atoms with Crippen LogP contribution < -0.4 is 0 Å². The first-order valence-electron chi connectivity index (χ1n) is 3.96. The van der Waals surface area contributed by atoms with E-state index in [1.54, 1.807) is 0 Å². The van der Waals surface area contributed by atoms with E-state index in [1.165, 1.54) is 0 Å². The minimum atomic E-state index is -0.0516. The molecule has 1 rings (SSSR count). The zero-order chi connectivity index (χ0) is 8.81. The number of hydrogen-bond donors (Lipinski definition) is 0. The van der Waals surface area contributed by atoms with Crippen LogP contribution >= 0.6 is 0 Å². The van der Waals surface area contributed by atoms with Gasteiger partial charge in [-0.1, -0.05) is 5.11 Å². The molecule has 5 heteroatoms. The first-order valence-corrected chi connectivity index (χ1v) is 3.96. The van der Waals surface area contributed by atoms with Crippen molar-refractivity contribution in [2.45, 2.75) is 12.8 Å². The number of hydrogen-bond acceptors (Lipinski definition) is 3. The van der Waals surface area contributed by atoms with Crippen molar-refractivity contribution in [3.05, 3.63) is 10.4 Å². The molecule has 0 aliphatic carbocycles. The molecular weight excluding hydrogens is 158 g/mol. The van der Waals surface area contributed by atoms with Crippen LogP contribution in [-0.2, 0) is 9.53 Å². The predicted molar refractivity (Wildman–Crippen MR) is 42.6 cm³/mol. The standard InChI is InChI=1S/C7H11N3O2/c8-10-9-4-7(11)6-2-1-3-12-5-6/h6H,1-5H2/t6-/m1/s1. The maximum atomic E-state index is 11.2. The monoisotopic (exact) mass is 169 g/mol. The van der Waals surface area contributed by atoms with Gasteiger partial charge in [0, 0.05) is 17.4 Å². The molecule has 0 unspecified atom stereocenters. The number of ether oxygens (including phenoxy) is 1. The lowest BCUT2D eigenvalue weighted by molar-refractivity contribution is -0.125. The molecule has 1 aliphatic rings. The van der Waals surface area contributed by atoms with Crippen LogP contribution in [0.3, 0.4) is 0 Å². The first-order chi connectivity index (χ1) is 5.84. The minimum absolute atomic E-state index is 0.00694. The second-order valence-corrected chi connectivity index (χ2v) is 2.77. The zero-order valence-corrected chi connectivity index (χ0v) is 6.77. The molecule has 1 atom stereocenters. The Kier molecular flexibility index (Phi) is 3.57. The van der Waals surface area contributed by atoms with Crippen LogP contribution in [-0.4, -0.2) is 25.5 Å². The number of carbonyl (C=O) groups is 1. The molecule has 0 bridgehead atoms. The molecule has 0 aromatic rings. The number of nitrogens with zero attached hydrogens (tertiary/aromatic N) is 3. The van der Waals surface area contributed by atoms with Crippen LogP contribution in [0.2, 0.25) is 0 Å². The van der Waals surface area contributed by atoms with Crippen LogP contribution in [0.25, 0.3) is 10.4 Å². The van der Waals surface area contributed by atoms with Crippen molar-refractivity contribution in [3.63, 3.8) is 0 Å². The number of ketones is 1.